The van der Waals surface area contributed by atoms with Crippen molar-refractivity contribution in [2.45, 2.75) is 31.5 Å². The molecule has 33 heavy (non-hydrogen) atoms. The van der Waals surface area contributed by atoms with Crippen LogP contribution in [0, 0.1) is 5.41 Å². The van der Waals surface area contributed by atoms with Crippen LogP contribution in [0.3, 0.4) is 0 Å². The largest absolute Gasteiger partial charge is 0.490 e. The fraction of sp³-hybridized carbons (Fsp3) is 0.500. The fourth-order valence-electron chi connectivity index (χ4n) is 3.29. The molecule has 0 radical (unpaired) electrons. The summed E-state index contributed by atoms with van der Waals surface area (Å²) in [7, 11) is 0. The predicted octanol–water partition coefficient (Wildman–Crippen LogP) is 1.59. The van der Waals surface area contributed by atoms with Gasteiger partial charge in [0, 0.05) is 25.7 Å². The van der Waals surface area contributed by atoms with Crippen LogP contribution < -0.4 is 16.0 Å². The number of hydrogen-bond donors (Lipinski definition) is 4. The highest BCUT2D eigenvalue weighted by Gasteiger charge is 2.43. The maximum atomic E-state index is 12.7. The lowest BCUT2D eigenvalue weighted by Gasteiger charge is -2.40. The molecule has 1 fully saturated rings. The molecular weight excluding hydrogens is 443 g/mol. The second-order valence-corrected chi connectivity index (χ2v) is 7.98. The number of nitrogens with one attached hydrogen (secondary N) is 3. The summed E-state index contributed by atoms with van der Waals surface area (Å²) in [5, 5.41) is 16.3. The number of carboxylic acids is 1. The van der Waals surface area contributed by atoms with Crippen LogP contribution in [0.4, 0.5) is 13.2 Å². The molecule has 11 heteroatoms. The molecule has 0 saturated carbocycles. The average molecular weight is 471 g/mol. The van der Waals surface area contributed by atoms with Crippen molar-refractivity contribution in [2.75, 3.05) is 32.8 Å². The van der Waals surface area contributed by atoms with Crippen LogP contribution in [0.25, 0.3) is 0 Å². The van der Waals surface area contributed by atoms with E-state index < -0.39 is 12.1 Å². The second-order valence-electron chi connectivity index (χ2n) is 7.98. The third-order valence-electron chi connectivity index (χ3n) is 5.30. The summed E-state index contributed by atoms with van der Waals surface area (Å²) in [6.45, 7) is 4.43. The number of amides is 2. The number of halogens is 3. The zero-order valence-electron chi connectivity index (χ0n) is 18.2. The van der Waals surface area contributed by atoms with Crippen molar-refractivity contribution in [3.63, 3.8) is 0 Å². The number of carbonyl (C=O) groups is 3. The number of carboxylic acid groups (broad SMARTS) is 1. The zero-order chi connectivity index (χ0) is 24.5. The molecule has 182 valence electrons. The van der Waals surface area contributed by atoms with E-state index in [1.807, 2.05) is 49.4 Å². The van der Waals surface area contributed by atoms with E-state index in [0.717, 1.165) is 5.56 Å². The van der Waals surface area contributed by atoms with Crippen molar-refractivity contribution in [1.29, 1.82) is 0 Å². The Balaban J connectivity index is 0.000000479. The Morgan fingerprint density at radius 3 is 2.33 bits per heavy atom. The summed E-state index contributed by atoms with van der Waals surface area (Å²) in [6.07, 6.45) is -0.451. The quantitative estimate of drug-likeness (QED) is 0.463. The molecule has 1 unspecified atom stereocenters. The number of benzene rings is 1. The van der Waals surface area contributed by atoms with Crippen LogP contribution in [-0.4, -0.2) is 68.0 Å². The lowest BCUT2D eigenvalue weighted by Crippen LogP contribution is -2.62. The first-order valence-electron chi connectivity index (χ1n) is 10.4. The normalized spacial score (nSPS) is 24.7. The van der Waals surface area contributed by atoms with Crippen LogP contribution in [0.1, 0.15) is 24.8 Å². The molecule has 2 atom stereocenters. The van der Waals surface area contributed by atoms with Gasteiger partial charge in [-0.2, -0.15) is 13.2 Å². The number of allylic oxidation sites excluding steroid dienone is 1. The van der Waals surface area contributed by atoms with Gasteiger partial charge < -0.3 is 25.8 Å². The minimum atomic E-state index is -5.08. The Morgan fingerprint density at radius 1 is 1.15 bits per heavy atom. The summed E-state index contributed by atoms with van der Waals surface area (Å²) < 4.78 is 37.5. The molecule has 1 spiro atoms. The molecule has 4 N–H and O–H groups in total. The molecule has 3 rings (SSSR count). The molecule has 2 aliphatic heterocycles. The summed E-state index contributed by atoms with van der Waals surface area (Å²) in [4.78, 5) is 34.2. The molecule has 0 aliphatic carbocycles. The topological polar surface area (TPSA) is 117 Å². The van der Waals surface area contributed by atoms with E-state index in [2.05, 4.69) is 16.0 Å². The van der Waals surface area contributed by atoms with Crippen molar-refractivity contribution in [3.05, 3.63) is 48.0 Å². The molecule has 2 heterocycles. The number of ether oxygens (including phenoxy) is 1. The monoisotopic (exact) mass is 471 g/mol. The number of hydrogen-bond acceptors (Lipinski definition) is 5. The molecule has 1 saturated heterocycles. The Kier molecular flexibility index (Phi) is 9.42. The van der Waals surface area contributed by atoms with Crippen LogP contribution in [0.2, 0.25) is 0 Å². The van der Waals surface area contributed by atoms with Crippen LogP contribution in [0.5, 0.6) is 0 Å². The Bertz CT molecular complexity index is 841. The summed E-state index contributed by atoms with van der Waals surface area (Å²) in [6, 6.07) is 9.49. The molecule has 2 amide bonds. The fourth-order valence-corrected chi connectivity index (χ4v) is 3.29. The van der Waals surface area contributed by atoms with Crippen LogP contribution in [-0.2, 0) is 19.1 Å². The number of aliphatic carboxylic acids is 1. The molecule has 0 aromatic heterocycles. The summed E-state index contributed by atoms with van der Waals surface area (Å²) in [5.74, 6) is -3.17. The van der Waals surface area contributed by atoms with E-state index in [1.165, 1.54) is 0 Å². The van der Waals surface area contributed by atoms with Crippen molar-refractivity contribution >= 4 is 17.8 Å². The minimum Gasteiger partial charge on any atom is -0.475 e. The Hall–Kier alpha value is -2.92. The third kappa shape index (κ3) is 7.86. The lowest BCUT2D eigenvalue weighted by molar-refractivity contribution is -0.192. The van der Waals surface area contributed by atoms with Crippen LogP contribution in [0.15, 0.2) is 42.5 Å². The van der Waals surface area contributed by atoms with E-state index >= 15 is 0 Å². The van der Waals surface area contributed by atoms with Crippen molar-refractivity contribution in [1.82, 2.24) is 16.0 Å². The first-order valence-corrected chi connectivity index (χ1v) is 10.4. The first-order chi connectivity index (χ1) is 15.5. The predicted molar refractivity (Wildman–Crippen MR) is 113 cm³/mol. The summed E-state index contributed by atoms with van der Waals surface area (Å²) in [5.41, 5.74) is 0.550. The van der Waals surface area contributed by atoms with Crippen molar-refractivity contribution in [3.8, 4) is 0 Å². The van der Waals surface area contributed by atoms with Gasteiger partial charge in [0.2, 0.25) is 11.8 Å². The molecular formula is C22H28F3N3O5. The molecule has 1 aromatic rings. The van der Waals surface area contributed by atoms with Gasteiger partial charge in [0.15, 0.2) is 0 Å². The van der Waals surface area contributed by atoms with Gasteiger partial charge in [0.1, 0.15) is 0 Å². The van der Waals surface area contributed by atoms with Gasteiger partial charge in [-0.25, -0.2) is 4.79 Å². The van der Waals surface area contributed by atoms with E-state index in [4.69, 9.17) is 14.6 Å². The highest BCUT2D eigenvalue weighted by atomic mass is 19.4. The molecule has 2 aliphatic rings. The standard InChI is InChI=1S/C20H27N3O3.C2HF3O2/c1-15-11-22-19(25)20(13-21-14-20)9-5-6-10-26-12-17(18(24)23-15)16-7-3-2-4-8-16;3-2(4,5)1(6)7/h2-8,15,17,21H,9-14H2,1H3,(H,22,25)(H,23,24);(H,6,7)/b6-5+;/t15-,17?;/m1./s1. The first kappa shape index (κ1) is 26.3. The van der Waals surface area contributed by atoms with E-state index in [-0.39, 0.29) is 29.2 Å². The maximum Gasteiger partial charge on any atom is 0.490 e. The Labute approximate surface area is 189 Å². The van der Waals surface area contributed by atoms with Crippen LogP contribution >= 0.6 is 0 Å². The second kappa shape index (κ2) is 11.8. The number of alkyl halides is 3. The van der Waals surface area contributed by atoms with Gasteiger partial charge in [-0.3, -0.25) is 9.59 Å². The number of carbonyl (C=O) groups excluding carboxylic acids is 2. The van der Waals surface area contributed by atoms with Crippen molar-refractivity contribution in [2.24, 2.45) is 5.41 Å². The molecule has 1 aromatic carbocycles. The zero-order valence-corrected chi connectivity index (χ0v) is 18.2. The minimum absolute atomic E-state index is 0.0413. The van der Waals surface area contributed by atoms with Gasteiger partial charge in [-0.1, -0.05) is 42.5 Å². The molecule has 0 bridgehead atoms. The highest BCUT2D eigenvalue weighted by molar-refractivity contribution is 5.85. The third-order valence-corrected chi connectivity index (χ3v) is 5.30. The smallest absolute Gasteiger partial charge is 0.475 e. The maximum absolute atomic E-state index is 12.7. The van der Waals surface area contributed by atoms with E-state index in [1.54, 1.807) is 0 Å². The van der Waals surface area contributed by atoms with Crippen molar-refractivity contribution < 1.29 is 37.4 Å². The van der Waals surface area contributed by atoms with E-state index in [0.29, 0.717) is 39.3 Å². The SMILES string of the molecule is C[C@@H]1CNC(=O)C2(C/C=C/COCC(c3ccccc3)C(=O)N1)CNC2.O=C(O)C(F)(F)F. The summed E-state index contributed by atoms with van der Waals surface area (Å²) >= 11 is 0. The highest BCUT2D eigenvalue weighted by Crippen LogP contribution is 2.28. The lowest BCUT2D eigenvalue weighted by atomic mass is 9.77. The van der Waals surface area contributed by atoms with Gasteiger partial charge in [-0.15, -0.1) is 0 Å². The van der Waals surface area contributed by atoms with Gasteiger partial charge >= 0.3 is 12.1 Å². The van der Waals surface area contributed by atoms with E-state index in [9.17, 15) is 22.8 Å². The molecule has 8 nitrogen and oxygen atoms in total. The average Bonchev–Trinajstić information content (AvgIpc) is 2.72. The van der Waals surface area contributed by atoms with Gasteiger partial charge in [0.05, 0.1) is 24.5 Å². The van der Waals surface area contributed by atoms with Gasteiger partial charge in [-0.05, 0) is 18.9 Å². The van der Waals surface area contributed by atoms with Gasteiger partial charge in [0.25, 0.3) is 0 Å². The number of rotatable bonds is 1. The Morgan fingerprint density at radius 2 is 1.79 bits per heavy atom.